The molecular weight excluding hydrogens is 242 g/mol. The number of hydrogen-bond acceptors (Lipinski definition) is 4. The van der Waals surface area contributed by atoms with Crippen LogP contribution in [0.3, 0.4) is 0 Å². The van der Waals surface area contributed by atoms with Crippen molar-refractivity contribution in [3.8, 4) is 11.3 Å². The van der Waals surface area contributed by atoms with Gasteiger partial charge in [-0.25, -0.2) is 0 Å². The van der Waals surface area contributed by atoms with Crippen LogP contribution in [-0.2, 0) is 6.54 Å². The Bertz CT molecular complexity index is 673. The van der Waals surface area contributed by atoms with Crippen LogP contribution in [0.15, 0.2) is 28.8 Å². The Morgan fingerprint density at radius 2 is 2.16 bits per heavy atom. The summed E-state index contributed by atoms with van der Waals surface area (Å²) in [6, 6.07) is 7.93. The van der Waals surface area contributed by atoms with E-state index < -0.39 is 0 Å². The Kier molecular flexibility index (Phi) is 2.01. The molecule has 4 rings (SSSR count). The average molecular weight is 255 g/mol. The third-order valence-corrected chi connectivity index (χ3v) is 3.74. The lowest BCUT2D eigenvalue weighted by Gasteiger charge is -2.13. The standard InChI is InChI=1S/C14H13N3O2/c15-13-6-12(19-16-13)8-1-2-9-7-17(10-3-4-10)14(18)11(9)5-8/h1-2,5-6,10H,3-4,7H2,(H2,15,16). The van der Waals surface area contributed by atoms with E-state index in [1.165, 1.54) is 0 Å². The number of anilines is 1. The van der Waals surface area contributed by atoms with Crippen LogP contribution >= 0.6 is 0 Å². The molecule has 96 valence electrons. The Labute approximate surface area is 110 Å². The van der Waals surface area contributed by atoms with Gasteiger partial charge in [0.2, 0.25) is 0 Å². The lowest BCUT2D eigenvalue weighted by atomic mass is 10.0. The molecule has 1 aliphatic carbocycles. The van der Waals surface area contributed by atoms with Gasteiger partial charge >= 0.3 is 0 Å². The van der Waals surface area contributed by atoms with Gasteiger partial charge in [0.15, 0.2) is 11.6 Å². The molecule has 1 aromatic heterocycles. The van der Waals surface area contributed by atoms with E-state index >= 15 is 0 Å². The van der Waals surface area contributed by atoms with Crippen molar-refractivity contribution in [3.05, 3.63) is 35.4 Å². The Morgan fingerprint density at radius 1 is 1.32 bits per heavy atom. The van der Waals surface area contributed by atoms with Crippen LogP contribution in [0.4, 0.5) is 5.82 Å². The smallest absolute Gasteiger partial charge is 0.254 e. The van der Waals surface area contributed by atoms with Gasteiger partial charge < -0.3 is 15.2 Å². The molecule has 0 saturated heterocycles. The predicted molar refractivity (Wildman–Crippen MR) is 69.2 cm³/mol. The van der Waals surface area contributed by atoms with Crippen LogP contribution in [0.5, 0.6) is 0 Å². The van der Waals surface area contributed by atoms with E-state index in [0.29, 0.717) is 17.6 Å². The zero-order chi connectivity index (χ0) is 13.0. The molecule has 1 fully saturated rings. The molecule has 0 atom stereocenters. The minimum absolute atomic E-state index is 0.131. The quantitative estimate of drug-likeness (QED) is 0.891. The van der Waals surface area contributed by atoms with Gasteiger partial charge in [0.1, 0.15) is 0 Å². The number of aromatic nitrogens is 1. The van der Waals surface area contributed by atoms with Gasteiger partial charge in [0.05, 0.1) is 0 Å². The second-order valence-corrected chi connectivity index (χ2v) is 5.15. The van der Waals surface area contributed by atoms with Gasteiger partial charge in [-0.05, 0) is 24.5 Å². The second kappa shape index (κ2) is 3.60. The maximum atomic E-state index is 12.3. The largest absolute Gasteiger partial charge is 0.381 e. The summed E-state index contributed by atoms with van der Waals surface area (Å²) in [7, 11) is 0. The third kappa shape index (κ3) is 1.62. The van der Waals surface area contributed by atoms with E-state index in [1.54, 1.807) is 6.07 Å². The van der Waals surface area contributed by atoms with Crippen molar-refractivity contribution in [1.29, 1.82) is 0 Å². The maximum Gasteiger partial charge on any atom is 0.254 e. The highest BCUT2D eigenvalue weighted by molar-refractivity contribution is 5.99. The number of carbonyl (C=O) groups excluding carboxylic acids is 1. The molecule has 0 radical (unpaired) electrons. The van der Waals surface area contributed by atoms with E-state index in [4.69, 9.17) is 10.3 Å². The number of carbonyl (C=O) groups is 1. The van der Waals surface area contributed by atoms with Gasteiger partial charge in [0, 0.05) is 29.8 Å². The fourth-order valence-corrected chi connectivity index (χ4v) is 2.58. The van der Waals surface area contributed by atoms with Crippen molar-refractivity contribution in [2.45, 2.75) is 25.4 Å². The van der Waals surface area contributed by atoms with Crippen LogP contribution in [0.2, 0.25) is 0 Å². The zero-order valence-electron chi connectivity index (χ0n) is 10.3. The van der Waals surface area contributed by atoms with E-state index in [-0.39, 0.29) is 5.91 Å². The summed E-state index contributed by atoms with van der Waals surface area (Å²) < 4.78 is 5.13. The lowest BCUT2D eigenvalue weighted by molar-refractivity contribution is 0.0766. The Hall–Kier alpha value is -2.30. The van der Waals surface area contributed by atoms with Crippen molar-refractivity contribution in [3.63, 3.8) is 0 Å². The lowest BCUT2D eigenvalue weighted by Crippen LogP contribution is -2.25. The summed E-state index contributed by atoms with van der Waals surface area (Å²) in [5.41, 5.74) is 8.26. The highest BCUT2D eigenvalue weighted by atomic mass is 16.5. The number of fused-ring (bicyclic) bond motifs is 1. The number of amides is 1. The van der Waals surface area contributed by atoms with Crippen molar-refractivity contribution in [2.75, 3.05) is 5.73 Å². The molecule has 0 bridgehead atoms. The van der Waals surface area contributed by atoms with Crippen LogP contribution < -0.4 is 5.73 Å². The molecule has 2 aliphatic rings. The minimum Gasteiger partial charge on any atom is -0.381 e. The molecule has 1 aliphatic heterocycles. The van der Waals surface area contributed by atoms with Gasteiger partial charge in [0.25, 0.3) is 5.91 Å². The molecule has 1 saturated carbocycles. The predicted octanol–water partition coefficient (Wildman–Crippen LogP) is 2.04. The molecule has 2 N–H and O–H groups in total. The van der Waals surface area contributed by atoms with Crippen LogP contribution in [-0.4, -0.2) is 22.0 Å². The van der Waals surface area contributed by atoms with Crippen molar-refractivity contribution in [2.24, 2.45) is 0 Å². The molecule has 1 amide bonds. The third-order valence-electron chi connectivity index (χ3n) is 3.74. The minimum atomic E-state index is 0.131. The molecule has 2 aromatic rings. The highest BCUT2D eigenvalue weighted by Gasteiger charge is 2.38. The van der Waals surface area contributed by atoms with Gasteiger partial charge in [-0.3, -0.25) is 4.79 Å². The molecule has 5 nitrogen and oxygen atoms in total. The summed E-state index contributed by atoms with van der Waals surface area (Å²) in [5.74, 6) is 1.08. The number of nitrogens with two attached hydrogens (primary N) is 1. The normalized spacial score (nSPS) is 17.9. The molecule has 19 heavy (non-hydrogen) atoms. The summed E-state index contributed by atoms with van der Waals surface area (Å²) in [6.45, 7) is 0.734. The number of rotatable bonds is 2. The summed E-state index contributed by atoms with van der Waals surface area (Å²) in [4.78, 5) is 14.3. The monoisotopic (exact) mass is 255 g/mol. The summed E-state index contributed by atoms with van der Waals surface area (Å²) in [6.07, 6.45) is 2.26. The topological polar surface area (TPSA) is 72.4 Å². The second-order valence-electron chi connectivity index (χ2n) is 5.15. The first-order valence-electron chi connectivity index (χ1n) is 6.39. The maximum absolute atomic E-state index is 12.3. The van der Waals surface area contributed by atoms with E-state index in [1.807, 2.05) is 23.1 Å². The molecule has 2 heterocycles. The van der Waals surface area contributed by atoms with Crippen LogP contribution in [0.1, 0.15) is 28.8 Å². The fourth-order valence-electron chi connectivity index (χ4n) is 2.58. The first-order chi connectivity index (χ1) is 9.22. The van der Waals surface area contributed by atoms with Gasteiger partial charge in [-0.15, -0.1) is 0 Å². The van der Waals surface area contributed by atoms with E-state index in [0.717, 1.165) is 36.1 Å². The summed E-state index contributed by atoms with van der Waals surface area (Å²) >= 11 is 0. The van der Waals surface area contributed by atoms with Crippen LogP contribution in [0.25, 0.3) is 11.3 Å². The molecule has 5 heteroatoms. The molecule has 0 spiro atoms. The first-order valence-corrected chi connectivity index (χ1v) is 6.39. The Balaban J connectivity index is 1.73. The van der Waals surface area contributed by atoms with Gasteiger partial charge in [-0.2, -0.15) is 0 Å². The van der Waals surface area contributed by atoms with Crippen LogP contribution in [0, 0.1) is 0 Å². The number of nitrogens with zero attached hydrogens (tertiary/aromatic N) is 2. The highest BCUT2D eigenvalue weighted by Crippen LogP contribution is 2.36. The molecule has 1 aromatic carbocycles. The van der Waals surface area contributed by atoms with E-state index in [2.05, 4.69) is 5.16 Å². The fraction of sp³-hybridized carbons (Fsp3) is 0.286. The molecular formula is C14H13N3O2. The van der Waals surface area contributed by atoms with Crippen molar-refractivity contribution < 1.29 is 9.32 Å². The first kappa shape index (κ1) is 10.6. The zero-order valence-corrected chi connectivity index (χ0v) is 10.3. The van der Waals surface area contributed by atoms with E-state index in [9.17, 15) is 4.79 Å². The number of benzene rings is 1. The van der Waals surface area contributed by atoms with Crippen molar-refractivity contribution >= 4 is 11.7 Å². The summed E-state index contributed by atoms with van der Waals surface area (Å²) in [5, 5.41) is 3.67. The average Bonchev–Trinajstić information content (AvgIpc) is 3.09. The van der Waals surface area contributed by atoms with Gasteiger partial charge in [-0.1, -0.05) is 17.3 Å². The SMILES string of the molecule is Nc1cc(-c2ccc3c(c2)C(=O)N(C2CC2)C3)on1. The molecule has 0 unspecified atom stereocenters. The van der Waals surface area contributed by atoms with Crippen molar-refractivity contribution in [1.82, 2.24) is 10.1 Å². The number of hydrogen-bond donors (Lipinski definition) is 1. The number of nitrogen functional groups attached to an aromatic ring is 1. The Morgan fingerprint density at radius 3 is 2.84 bits per heavy atom.